The Labute approximate surface area is 63.2 Å². The molecule has 0 saturated heterocycles. The largest absolute Gasteiger partial charge is 0.330 e. The summed E-state index contributed by atoms with van der Waals surface area (Å²) in [5, 5.41) is 0. The van der Waals surface area contributed by atoms with Crippen LogP contribution in [0.2, 0.25) is 0 Å². The second-order valence-electron chi connectivity index (χ2n) is 2.11. The van der Waals surface area contributed by atoms with Gasteiger partial charge in [-0.25, -0.2) is 4.57 Å². The van der Waals surface area contributed by atoms with Crippen molar-refractivity contribution in [3.63, 3.8) is 0 Å². The topological polar surface area (TPSA) is 52.3 Å². The van der Waals surface area contributed by atoms with Gasteiger partial charge in [-0.15, -0.1) is 0 Å². The van der Waals surface area contributed by atoms with E-state index in [9.17, 15) is 4.57 Å². The number of unbranched alkanes of at least 4 members (excludes halogenated alkanes) is 3. The summed E-state index contributed by atoms with van der Waals surface area (Å²) in [7, 11) is -0.207. The van der Waals surface area contributed by atoms with Crippen LogP contribution in [0.4, 0.5) is 0 Å². The fourth-order valence-electron chi connectivity index (χ4n) is 0.702. The van der Waals surface area contributed by atoms with Gasteiger partial charge in [0.2, 0.25) is 0 Å². The zero-order valence-corrected chi connectivity index (χ0v) is 6.98. The van der Waals surface area contributed by atoms with Crippen LogP contribution in [-0.4, -0.2) is 13.2 Å². The Kier molecular flexibility index (Phi) is 9.04. The van der Waals surface area contributed by atoms with E-state index in [1.54, 1.807) is 0 Å². The van der Waals surface area contributed by atoms with Gasteiger partial charge in [0.1, 0.15) is 0 Å². The van der Waals surface area contributed by atoms with Crippen LogP contribution >= 0.6 is 8.69 Å². The van der Waals surface area contributed by atoms with Crippen molar-refractivity contribution in [2.45, 2.75) is 25.7 Å². The Hall–Kier alpha value is 0.0200. The third-order valence-corrected chi connectivity index (χ3v) is 1.53. The zero-order valence-electron chi connectivity index (χ0n) is 6.08. The third kappa shape index (κ3) is 8.02. The smallest absolute Gasteiger partial charge is 0.327 e. The van der Waals surface area contributed by atoms with Crippen LogP contribution in [0.1, 0.15) is 25.7 Å². The van der Waals surface area contributed by atoms with Gasteiger partial charge in [0, 0.05) is 0 Å². The second-order valence-corrected chi connectivity index (χ2v) is 2.52. The average molecular weight is 163 g/mol. The molecular formula is C6H14NO2P. The van der Waals surface area contributed by atoms with Crippen LogP contribution in [0.15, 0.2) is 0 Å². The van der Waals surface area contributed by atoms with E-state index >= 15 is 0 Å². The molecule has 0 aromatic carbocycles. The van der Waals surface area contributed by atoms with E-state index in [-0.39, 0.29) is 8.69 Å². The van der Waals surface area contributed by atoms with Crippen LogP contribution in [0.5, 0.6) is 0 Å². The van der Waals surface area contributed by atoms with E-state index < -0.39 is 0 Å². The first kappa shape index (κ1) is 10.0. The van der Waals surface area contributed by atoms with Crippen molar-refractivity contribution in [3.05, 3.63) is 0 Å². The molecule has 0 bridgehead atoms. The minimum atomic E-state index is -0.207. The van der Waals surface area contributed by atoms with Gasteiger partial charge in [-0.2, -0.15) is 0 Å². The fourth-order valence-corrected chi connectivity index (χ4v) is 0.905. The van der Waals surface area contributed by atoms with Crippen molar-refractivity contribution in [2.24, 2.45) is 5.73 Å². The lowest BCUT2D eigenvalue weighted by atomic mass is 10.2. The van der Waals surface area contributed by atoms with Crippen LogP contribution in [0, 0.1) is 0 Å². The molecule has 0 aliphatic heterocycles. The Morgan fingerprint density at radius 1 is 1.20 bits per heavy atom. The van der Waals surface area contributed by atoms with Crippen LogP contribution in [0.3, 0.4) is 0 Å². The van der Waals surface area contributed by atoms with Gasteiger partial charge in [-0.05, 0) is 19.4 Å². The second kappa shape index (κ2) is 9.02. The van der Waals surface area contributed by atoms with E-state index in [1.165, 1.54) is 0 Å². The highest BCUT2D eigenvalue weighted by atomic mass is 31.1. The van der Waals surface area contributed by atoms with E-state index in [4.69, 9.17) is 5.73 Å². The van der Waals surface area contributed by atoms with Gasteiger partial charge in [0.25, 0.3) is 0 Å². The molecule has 3 nitrogen and oxygen atoms in total. The average Bonchev–Trinajstić information content (AvgIpc) is 1.97. The quantitative estimate of drug-likeness (QED) is 0.459. The summed E-state index contributed by atoms with van der Waals surface area (Å²) >= 11 is 0. The molecule has 4 heteroatoms. The van der Waals surface area contributed by atoms with Crippen molar-refractivity contribution in [2.75, 3.05) is 13.2 Å². The van der Waals surface area contributed by atoms with E-state index in [1.807, 2.05) is 0 Å². The summed E-state index contributed by atoms with van der Waals surface area (Å²) in [6.45, 7) is 1.36. The third-order valence-electron chi connectivity index (χ3n) is 1.24. The van der Waals surface area contributed by atoms with Crippen LogP contribution in [0.25, 0.3) is 0 Å². The molecule has 0 aromatic rings. The monoisotopic (exact) mass is 163 g/mol. The predicted molar refractivity (Wildman–Crippen MR) is 41.1 cm³/mol. The summed E-state index contributed by atoms with van der Waals surface area (Å²) in [5.41, 5.74) is 5.29. The Morgan fingerprint density at radius 2 is 1.90 bits per heavy atom. The normalized spacial score (nSPS) is 10.5. The first-order valence-corrected chi connectivity index (χ1v) is 4.29. The predicted octanol–water partition coefficient (Wildman–Crippen LogP) is 1.73. The number of hydrogen-bond donors (Lipinski definition) is 1. The zero-order chi connectivity index (χ0) is 7.66. The van der Waals surface area contributed by atoms with E-state index in [0.29, 0.717) is 6.61 Å². The minimum absolute atomic E-state index is 0.207. The summed E-state index contributed by atoms with van der Waals surface area (Å²) in [5.74, 6) is 0. The first-order valence-electron chi connectivity index (χ1n) is 3.56. The minimum Gasteiger partial charge on any atom is -0.330 e. The van der Waals surface area contributed by atoms with Gasteiger partial charge in [0.05, 0.1) is 6.61 Å². The highest BCUT2D eigenvalue weighted by Gasteiger charge is 1.88. The maximum Gasteiger partial charge on any atom is 0.327 e. The fraction of sp³-hybridized carbons (Fsp3) is 1.00. The standard InChI is InChI=1S/C6H14NO2P/c7-5-3-1-2-4-6-9-10-8/h1-7H2. The molecule has 0 saturated carbocycles. The highest BCUT2D eigenvalue weighted by molar-refractivity contribution is 7.17. The summed E-state index contributed by atoms with van der Waals surface area (Å²) < 4.78 is 14.3. The molecule has 0 aliphatic rings. The SMILES string of the molecule is NCCCCCCOP=O. The molecule has 60 valence electrons. The van der Waals surface area contributed by atoms with Crippen LogP contribution in [-0.2, 0) is 9.09 Å². The molecule has 0 fully saturated rings. The van der Waals surface area contributed by atoms with Gasteiger partial charge in [-0.3, -0.25) is 4.52 Å². The molecule has 0 atom stereocenters. The van der Waals surface area contributed by atoms with Crippen molar-refractivity contribution >= 4 is 8.69 Å². The summed E-state index contributed by atoms with van der Waals surface area (Å²) in [6.07, 6.45) is 4.33. The first-order chi connectivity index (χ1) is 4.91. The number of rotatable bonds is 7. The van der Waals surface area contributed by atoms with Gasteiger partial charge < -0.3 is 5.73 Å². The lowest BCUT2D eigenvalue weighted by molar-refractivity contribution is 0.328. The maximum absolute atomic E-state index is 9.75. The molecule has 0 aliphatic carbocycles. The van der Waals surface area contributed by atoms with E-state index in [0.717, 1.165) is 32.2 Å². The van der Waals surface area contributed by atoms with E-state index in [2.05, 4.69) is 4.52 Å². The van der Waals surface area contributed by atoms with Crippen molar-refractivity contribution in [3.8, 4) is 0 Å². The molecule has 0 aromatic heterocycles. The molecule has 0 spiro atoms. The summed E-state index contributed by atoms with van der Waals surface area (Å²) in [4.78, 5) is 0. The van der Waals surface area contributed by atoms with Gasteiger partial charge in [0.15, 0.2) is 0 Å². The van der Waals surface area contributed by atoms with Crippen molar-refractivity contribution < 1.29 is 9.09 Å². The van der Waals surface area contributed by atoms with Crippen molar-refractivity contribution in [1.82, 2.24) is 0 Å². The lowest BCUT2D eigenvalue weighted by Gasteiger charge is -1.95. The summed E-state index contributed by atoms with van der Waals surface area (Å²) in [6, 6.07) is 0. The van der Waals surface area contributed by atoms with Crippen LogP contribution < -0.4 is 5.73 Å². The number of hydrogen-bond acceptors (Lipinski definition) is 3. The molecule has 0 unspecified atom stereocenters. The Morgan fingerprint density at radius 3 is 2.50 bits per heavy atom. The molecule has 0 amide bonds. The molecule has 0 rings (SSSR count). The molecule has 0 radical (unpaired) electrons. The van der Waals surface area contributed by atoms with Gasteiger partial charge in [-0.1, -0.05) is 12.8 Å². The molecule has 10 heavy (non-hydrogen) atoms. The van der Waals surface area contributed by atoms with Crippen molar-refractivity contribution in [1.29, 1.82) is 0 Å². The number of nitrogens with two attached hydrogens (primary N) is 1. The van der Waals surface area contributed by atoms with Gasteiger partial charge >= 0.3 is 8.69 Å². The lowest BCUT2D eigenvalue weighted by Crippen LogP contribution is -1.97. The maximum atomic E-state index is 9.75. The highest BCUT2D eigenvalue weighted by Crippen LogP contribution is 2.02. The molecule has 0 heterocycles. The molecule has 2 N–H and O–H groups in total. The Balaban J connectivity index is 2.70. The molecular weight excluding hydrogens is 149 g/mol. The Bertz CT molecular complexity index is 80.1.